The summed E-state index contributed by atoms with van der Waals surface area (Å²) in [6, 6.07) is 0. The fraction of sp³-hybridized carbons (Fsp3) is 0.750. The van der Waals surface area contributed by atoms with E-state index in [2.05, 4.69) is 11.5 Å². The molecular weight excluding hydrogens is 206 g/mol. The van der Waals surface area contributed by atoms with Crippen molar-refractivity contribution in [2.45, 2.75) is 26.7 Å². The van der Waals surface area contributed by atoms with Crippen molar-refractivity contribution < 1.29 is 14.6 Å². The molecule has 1 N–H and O–H groups in total. The summed E-state index contributed by atoms with van der Waals surface area (Å²) in [4.78, 5) is 12.6. The predicted octanol–water partition coefficient (Wildman–Crippen LogP) is 1.77. The molecule has 0 unspecified atom stereocenters. The molecule has 0 aromatic heterocycles. The summed E-state index contributed by atoms with van der Waals surface area (Å²) in [5.74, 6) is -0.753. The largest absolute Gasteiger partial charge is 0.481 e. The van der Waals surface area contributed by atoms with E-state index < -0.39 is 5.97 Å². The fourth-order valence-electron chi connectivity index (χ4n) is 1.44. The van der Waals surface area contributed by atoms with Crippen LogP contribution in [0.2, 0.25) is 0 Å². The minimum Gasteiger partial charge on any atom is -0.481 e. The van der Waals surface area contributed by atoms with Crippen LogP contribution in [0.1, 0.15) is 26.7 Å². The zero-order valence-electron chi connectivity index (χ0n) is 10.4. The summed E-state index contributed by atoms with van der Waals surface area (Å²) in [5.41, 5.74) is 1.06. The monoisotopic (exact) mass is 229 g/mol. The van der Waals surface area contributed by atoms with Crippen LogP contribution in [0.5, 0.6) is 0 Å². The summed E-state index contributed by atoms with van der Waals surface area (Å²) in [6.45, 7) is 11.4. The minimum atomic E-state index is -0.753. The molecule has 0 aliphatic rings. The van der Waals surface area contributed by atoms with Crippen molar-refractivity contribution in [2.24, 2.45) is 0 Å². The molecule has 4 heteroatoms. The minimum absolute atomic E-state index is 0.182. The van der Waals surface area contributed by atoms with Crippen LogP contribution in [0.15, 0.2) is 12.2 Å². The normalized spacial score (nSPS) is 10.7. The number of carboxylic acids is 1. The number of hydrogen-bond donors (Lipinski definition) is 1. The first kappa shape index (κ1) is 15.1. The summed E-state index contributed by atoms with van der Waals surface area (Å²) >= 11 is 0. The van der Waals surface area contributed by atoms with Gasteiger partial charge in [-0.25, -0.2) is 0 Å². The molecule has 0 saturated heterocycles. The smallest absolute Gasteiger partial charge is 0.304 e. The maximum atomic E-state index is 10.5. The van der Waals surface area contributed by atoms with Gasteiger partial charge in [-0.3, -0.25) is 9.69 Å². The van der Waals surface area contributed by atoms with Crippen molar-refractivity contribution in [1.82, 2.24) is 4.90 Å². The zero-order chi connectivity index (χ0) is 12.4. The van der Waals surface area contributed by atoms with Gasteiger partial charge in [0.2, 0.25) is 0 Å². The Labute approximate surface area is 97.9 Å². The Morgan fingerprint density at radius 1 is 1.44 bits per heavy atom. The Morgan fingerprint density at radius 2 is 2.12 bits per heavy atom. The molecule has 0 bridgehead atoms. The molecule has 0 atom stereocenters. The second-order valence-electron chi connectivity index (χ2n) is 3.93. The zero-order valence-corrected chi connectivity index (χ0v) is 10.4. The Bertz CT molecular complexity index is 216. The molecule has 0 rings (SSSR count). The van der Waals surface area contributed by atoms with Gasteiger partial charge in [-0.1, -0.05) is 12.2 Å². The SMILES string of the molecule is C=C(C)CN(CCCOCC)CCC(=O)O. The summed E-state index contributed by atoms with van der Waals surface area (Å²) in [5, 5.41) is 8.63. The van der Waals surface area contributed by atoms with Gasteiger partial charge in [-0.05, 0) is 20.3 Å². The van der Waals surface area contributed by atoms with Crippen molar-refractivity contribution in [1.29, 1.82) is 0 Å². The quantitative estimate of drug-likeness (QED) is 0.458. The molecule has 94 valence electrons. The van der Waals surface area contributed by atoms with E-state index in [1.807, 2.05) is 13.8 Å². The highest BCUT2D eigenvalue weighted by molar-refractivity contribution is 5.66. The third-order valence-electron chi connectivity index (χ3n) is 2.10. The van der Waals surface area contributed by atoms with Gasteiger partial charge in [0.25, 0.3) is 0 Å². The van der Waals surface area contributed by atoms with E-state index in [1.54, 1.807) is 0 Å². The molecule has 0 aliphatic carbocycles. The Balaban J connectivity index is 3.80. The number of aliphatic carboxylic acids is 1. The van der Waals surface area contributed by atoms with Gasteiger partial charge in [-0.2, -0.15) is 0 Å². The number of ether oxygens (including phenoxy) is 1. The second-order valence-corrected chi connectivity index (χ2v) is 3.93. The predicted molar refractivity (Wildman–Crippen MR) is 64.6 cm³/mol. The maximum absolute atomic E-state index is 10.5. The van der Waals surface area contributed by atoms with Gasteiger partial charge in [0.15, 0.2) is 0 Å². The Kier molecular flexibility index (Phi) is 8.85. The van der Waals surface area contributed by atoms with Gasteiger partial charge >= 0.3 is 5.97 Å². The summed E-state index contributed by atoms with van der Waals surface area (Å²) < 4.78 is 5.25. The van der Waals surface area contributed by atoms with Crippen molar-refractivity contribution in [3.8, 4) is 0 Å². The van der Waals surface area contributed by atoms with E-state index in [4.69, 9.17) is 9.84 Å². The standard InChI is InChI=1S/C12H23NO3/c1-4-16-9-5-7-13(10-11(2)3)8-6-12(14)15/h2,4-10H2,1,3H3,(H,14,15). The lowest BCUT2D eigenvalue weighted by atomic mass is 10.2. The summed E-state index contributed by atoms with van der Waals surface area (Å²) in [6.07, 6.45) is 1.11. The van der Waals surface area contributed by atoms with Crippen LogP contribution >= 0.6 is 0 Å². The van der Waals surface area contributed by atoms with E-state index >= 15 is 0 Å². The Morgan fingerprint density at radius 3 is 2.62 bits per heavy atom. The molecule has 0 radical (unpaired) electrons. The van der Waals surface area contributed by atoms with Crippen molar-refractivity contribution in [3.63, 3.8) is 0 Å². The van der Waals surface area contributed by atoms with Crippen LogP contribution in [0.4, 0.5) is 0 Å². The third kappa shape index (κ3) is 9.68. The highest BCUT2D eigenvalue weighted by Crippen LogP contribution is 2.00. The second kappa shape index (κ2) is 9.36. The van der Waals surface area contributed by atoms with Crippen LogP contribution in [0.3, 0.4) is 0 Å². The van der Waals surface area contributed by atoms with Crippen molar-refractivity contribution >= 4 is 5.97 Å². The number of carbonyl (C=O) groups is 1. The number of nitrogens with zero attached hydrogens (tertiary/aromatic N) is 1. The maximum Gasteiger partial charge on any atom is 0.304 e. The first-order valence-corrected chi connectivity index (χ1v) is 5.72. The average Bonchev–Trinajstić information content (AvgIpc) is 2.19. The molecule has 0 fully saturated rings. The highest BCUT2D eigenvalue weighted by atomic mass is 16.5. The topological polar surface area (TPSA) is 49.8 Å². The lowest BCUT2D eigenvalue weighted by molar-refractivity contribution is -0.137. The van der Waals surface area contributed by atoms with Crippen LogP contribution < -0.4 is 0 Å². The summed E-state index contributed by atoms with van der Waals surface area (Å²) in [7, 11) is 0. The number of carboxylic acid groups (broad SMARTS) is 1. The average molecular weight is 229 g/mol. The van der Waals surface area contributed by atoms with E-state index in [0.717, 1.165) is 38.3 Å². The first-order chi connectivity index (χ1) is 7.56. The first-order valence-electron chi connectivity index (χ1n) is 5.72. The van der Waals surface area contributed by atoms with Crippen LogP contribution in [0.25, 0.3) is 0 Å². The van der Waals surface area contributed by atoms with Gasteiger partial charge < -0.3 is 9.84 Å². The molecule has 0 heterocycles. The van der Waals surface area contributed by atoms with Crippen molar-refractivity contribution in [2.75, 3.05) is 32.8 Å². The Hall–Kier alpha value is -0.870. The molecule has 0 amide bonds. The molecular formula is C12H23NO3. The molecule has 0 spiro atoms. The van der Waals surface area contributed by atoms with Crippen molar-refractivity contribution in [3.05, 3.63) is 12.2 Å². The van der Waals surface area contributed by atoms with Crippen LogP contribution in [-0.4, -0.2) is 48.8 Å². The molecule has 0 saturated carbocycles. The molecule has 0 aliphatic heterocycles. The number of hydrogen-bond acceptors (Lipinski definition) is 3. The van der Waals surface area contributed by atoms with E-state index in [9.17, 15) is 4.79 Å². The van der Waals surface area contributed by atoms with Gasteiger partial charge in [0.05, 0.1) is 6.42 Å². The molecule has 4 nitrogen and oxygen atoms in total. The molecule has 16 heavy (non-hydrogen) atoms. The fourth-order valence-corrected chi connectivity index (χ4v) is 1.44. The molecule has 0 aromatic rings. The highest BCUT2D eigenvalue weighted by Gasteiger charge is 2.07. The van der Waals surface area contributed by atoms with E-state index in [0.29, 0.717) is 6.54 Å². The molecule has 0 aromatic carbocycles. The van der Waals surface area contributed by atoms with Gasteiger partial charge in [0.1, 0.15) is 0 Å². The van der Waals surface area contributed by atoms with E-state index in [1.165, 1.54) is 0 Å². The van der Waals surface area contributed by atoms with E-state index in [-0.39, 0.29) is 6.42 Å². The lowest BCUT2D eigenvalue weighted by Gasteiger charge is -2.21. The third-order valence-corrected chi connectivity index (χ3v) is 2.10. The van der Waals surface area contributed by atoms with Crippen LogP contribution in [-0.2, 0) is 9.53 Å². The van der Waals surface area contributed by atoms with Crippen LogP contribution in [0, 0.1) is 0 Å². The number of rotatable bonds is 10. The van der Waals surface area contributed by atoms with Gasteiger partial charge in [0, 0.05) is 32.8 Å². The van der Waals surface area contributed by atoms with Gasteiger partial charge in [-0.15, -0.1) is 0 Å². The lowest BCUT2D eigenvalue weighted by Crippen LogP contribution is -2.29.